The minimum absolute atomic E-state index is 0.568. The van der Waals surface area contributed by atoms with Crippen molar-refractivity contribution < 1.29 is 9.84 Å². The number of rotatable bonds is 5. The topological polar surface area (TPSA) is 44.7 Å². The summed E-state index contributed by atoms with van der Waals surface area (Å²) in [7, 11) is 3.71. The molecule has 2 N–H and O–H groups in total. The van der Waals surface area contributed by atoms with Gasteiger partial charge in [-0.15, -0.1) is 0 Å². The first-order valence-electron chi connectivity index (χ1n) is 6.36. The maximum atomic E-state index is 10.3. The monoisotopic (exact) mass is 250 g/mol. The molecule has 0 saturated carbocycles. The van der Waals surface area contributed by atoms with Crippen LogP contribution in [-0.4, -0.2) is 49.4 Å². The molecule has 18 heavy (non-hydrogen) atoms. The van der Waals surface area contributed by atoms with Gasteiger partial charge in [-0.3, -0.25) is 4.90 Å². The largest absolute Gasteiger partial charge is 0.497 e. The molecular weight excluding hydrogens is 228 g/mol. The van der Waals surface area contributed by atoms with Crippen LogP contribution in [0.2, 0.25) is 0 Å². The molecule has 1 saturated heterocycles. The highest BCUT2D eigenvalue weighted by atomic mass is 16.5. The molecule has 1 atom stereocenters. The highest BCUT2D eigenvalue weighted by Gasteiger charge is 2.31. The number of β-amino-alcohol motifs (C(OH)–C–C–N with tert-alkyl or cyclic N) is 1. The zero-order valence-corrected chi connectivity index (χ0v) is 11.1. The lowest BCUT2D eigenvalue weighted by Gasteiger charge is -2.28. The number of aliphatic hydroxyl groups is 1. The van der Waals surface area contributed by atoms with Gasteiger partial charge in [-0.2, -0.15) is 0 Å². The van der Waals surface area contributed by atoms with E-state index >= 15 is 0 Å². The summed E-state index contributed by atoms with van der Waals surface area (Å²) in [5.74, 6) is 0.875. The Bertz CT molecular complexity index is 372. The molecule has 0 spiro atoms. The van der Waals surface area contributed by atoms with Crippen LogP contribution in [0.5, 0.6) is 5.75 Å². The predicted octanol–water partition coefficient (Wildman–Crippen LogP) is 0.851. The van der Waals surface area contributed by atoms with Crippen LogP contribution in [0.3, 0.4) is 0 Å². The Hall–Kier alpha value is -1.10. The maximum Gasteiger partial charge on any atom is 0.118 e. The lowest BCUT2D eigenvalue weighted by Crippen LogP contribution is -2.42. The van der Waals surface area contributed by atoms with Crippen molar-refractivity contribution in [3.63, 3.8) is 0 Å². The van der Waals surface area contributed by atoms with Crippen molar-refractivity contribution >= 4 is 0 Å². The van der Waals surface area contributed by atoms with Gasteiger partial charge in [0.25, 0.3) is 0 Å². The molecular formula is C14H22N2O2. The zero-order valence-electron chi connectivity index (χ0n) is 11.1. The molecule has 0 amide bonds. The molecule has 4 nitrogen and oxygen atoms in total. The summed E-state index contributed by atoms with van der Waals surface area (Å²) in [6.45, 7) is 3.14. The normalized spacial score (nSPS) is 23.6. The second-order valence-electron chi connectivity index (χ2n) is 5.17. The van der Waals surface area contributed by atoms with E-state index in [9.17, 15) is 5.11 Å². The fourth-order valence-corrected chi connectivity index (χ4v) is 2.47. The van der Waals surface area contributed by atoms with Gasteiger partial charge in [0.15, 0.2) is 0 Å². The molecule has 0 bridgehead atoms. The Morgan fingerprint density at radius 2 is 2.11 bits per heavy atom. The molecule has 1 aliphatic rings. The highest BCUT2D eigenvalue weighted by molar-refractivity contribution is 5.27. The van der Waals surface area contributed by atoms with Crippen molar-refractivity contribution in [3.05, 3.63) is 29.8 Å². The number of hydrogen-bond acceptors (Lipinski definition) is 4. The van der Waals surface area contributed by atoms with Gasteiger partial charge in [0, 0.05) is 19.6 Å². The number of ether oxygens (including phenoxy) is 1. The number of nitrogens with zero attached hydrogens (tertiary/aromatic N) is 1. The molecule has 0 unspecified atom stereocenters. The predicted molar refractivity (Wildman–Crippen MR) is 71.8 cm³/mol. The van der Waals surface area contributed by atoms with E-state index in [1.54, 1.807) is 7.11 Å². The van der Waals surface area contributed by atoms with E-state index in [4.69, 9.17) is 4.74 Å². The average Bonchev–Trinajstić information content (AvgIpc) is 2.76. The van der Waals surface area contributed by atoms with Gasteiger partial charge >= 0.3 is 0 Å². The molecule has 1 aliphatic heterocycles. The van der Waals surface area contributed by atoms with Crippen LogP contribution < -0.4 is 10.1 Å². The summed E-state index contributed by atoms with van der Waals surface area (Å²) in [4.78, 5) is 2.16. The maximum absolute atomic E-state index is 10.3. The van der Waals surface area contributed by atoms with Gasteiger partial charge in [-0.25, -0.2) is 0 Å². The van der Waals surface area contributed by atoms with E-state index in [-0.39, 0.29) is 0 Å². The van der Waals surface area contributed by atoms with E-state index in [0.717, 1.165) is 25.3 Å². The van der Waals surface area contributed by atoms with Crippen LogP contribution in [0.1, 0.15) is 12.0 Å². The second kappa shape index (κ2) is 5.69. The van der Waals surface area contributed by atoms with E-state index in [1.165, 1.54) is 5.56 Å². The molecule has 2 rings (SSSR count). The fraction of sp³-hybridized carbons (Fsp3) is 0.571. The standard InChI is InChI=1S/C14H22N2O2/c1-16(11-14(17)7-8-15-10-14)9-12-3-5-13(18-2)6-4-12/h3-6,15,17H,7-11H2,1-2H3/t14-/m1/s1. The summed E-state index contributed by atoms with van der Waals surface area (Å²) in [6, 6.07) is 8.06. The first kappa shape index (κ1) is 13.3. The third-order valence-electron chi connectivity index (χ3n) is 3.40. The van der Waals surface area contributed by atoms with E-state index in [2.05, 4.69) is 22.3 Å². The molecule has 0 aliphatic carbocycles. The molecule has 1 aromatic rings. The third-order valence-corrected chi connectivity index (χ3v) is 3.40. The molecule has 0 radical (unpaired) electrons. The zero-order chi connectivity index (χ0) is 13.0. The smallest absolute Gasteiger partial charge is 0.118 e. The van der Waals surface area contributed by atoms with Gasteiger partial charge in [0.1, 0.15) is 5.75 Å². The molecule has 0 aromatic heterocycles. The van der Waals surface area contributed by atoms with Crippen molar-refractivity contribution in [2.24, 2.45) is 0 Å². The van der Waals surface area contributed by atoms with Crippen molar-refractivity contribution in [2.45, 2.75) is 18.6 Å². The van der Waals surface area contributed by atoms with Crippen molar-refractivity contribution in [1.82, 2.24) is 10.2 Å². The SMILES string of the molecule is COc1ccc(CN(C)C[C@@]2(O)CCNC2)cc1. The van der Waals surface area contributed by atoms with Gasteiger partial charge in [-0.1, -0.05) is 12.1 Å². The average molecular weight is 250 g/mol. The van der Waals surface area contributed by atoms with E-state index < -0.39 is 5.60 Å². The molecule has 100 valence electrons. The summed E-state index contributed by atoms with van der Waals surface area (Å²) in [5, 5.41) is 13.5. The minimum Gasteiger partial charge on any atom is -0.497 e. The number of benzene rings is 1. The molecule has 1 fully saturated rings. The Balaban J connectivity index is 1.88. The van der Waals surface area contributed by atoms with Crippen LogP contribution in [0, 0.1) is 0 Å². The Morgan fingerprint density at radius 3 is 2.67 bits per heavy atom. The Labute approximate surface area is 109 Å². The first-order valence-corrected chi connectivity index (χ1v) is 6.36. The molecule has 4 heteroatoms. The van der Waals surface area contributed by atoms with Crippen molar-refractivity contribution in [3.8, 4) is 5.75 Å². The molecule has 1 heterocycles. The summed E-state index contributed by atoms with van der Waals surface area (Å²) in [5.41, 5.74) is 0.661. The summed E-state index contributed by atoms with van der Waals surface area (Å²) >= 11 is 0. The van der Waals surface area contributed by atoms with Gasteiger partial charge in [-0.05, 0) is 37.7 Å². The van der Waals surface area contributed by atoms with Gasteiger partial charge in [0.05, 0.1) is 12.7 Å². The van der Waals surface area contributed by atoms with Gasteiger partial charge < -0.3 is 15.2 Å². The number of hydrogen-bond donors (Lipinski definition) is 2. The number of nitrogens with one attached hydrogen (secondary N) is 1. The van der Waals surface area contributed by atoms with Crippen LogP contribution in [0.25, 0.3) is 0 Å². The second-order valence-corrected chi connectivity index (χ2v) is 5.17. The number of likely N-dealkylation sites (N-methyl/N-ethyl adjacent to an activating group) is 1. The highest BCUT2D eigenvalue weighted by Crippen LogP contribution is 2.17. The lowest BCUT2D eigenvalue weighted by atomic mass is 10.0. The van der Waals surface area contributed by atoms with Crippen molar-refractivity contribution in [1.29, 1.82) is 0 Å². The van der Waals surface area contributed by atoms with E-state index in [0.29, 0.717) is 13.1 Å². The Morgan fingerprint density at radius 1 is 1.39 bits per heavy atom. The fourth-order valence-electron chi connectivity index (χ4n) is 2.47. The van der Waals surface area contributed by atoms with Crippen LogP contribution >= 0.6 is 0 Å². The lowest BCUT2D eigenvalue weighted by molar-refractivity contribution is 0.0264. The third kappa shape index (κ3) is 3.45. The van der Waals surface area contributed by atoms with E-state index in [1.807, 2.05) is 19.2 Å². The van der Waals surface area contributed by atoms with Crippen LogP contribution in [0.4, 0.5) is 0 Å². The summed E-state index contributed by atoms with van der Waals surface area (Å²) < 4.78 is 5.14. The first-order chi connectivity index (χ1) is 8.61. The minimum atomic E-state index is -0.568. The quantitative estimate of drug-likeness (QED) is 0.813. The Kier molecular flexibility index (Phi) is 4.22. The summed E-state index contributed by atoms with van der Waals surface area (Å²) in [6.07, 6.45) is 0.833. The molecule has 1 aromatic carbocycles. The van der Waals surface area contributed by atoms with Crippen LogP contribution in [-0.2, 0) is 6.54 Å². The van der Waals surface area contributed by atoms with Gasteiger partial charge in [0.2, 0.25) is 0 Å². The van der Waals surface area contributed by atoms with Crippen molar-refractivity contribution in [2.75, 3.05) is 33.8 Å². The number of methoxy groups -OCH3 is 1. The van der Waals surface area contributed by atoms with Crippen LogP contribution in [0.15, 0.2) is 24.3 Å².